The minimum atomic E-state index is -0.190. The predicted octanol–water partition coefficient (Wildman–Crippen LogP) is 8.10. The number of fused-ring (bicyclic) bond motifs is 2. The number of benzene rings is 2. The molecular formula is C53H63ClN12O3. The van der Waals surface area contributed by atoms with Gasteiger partial charge in [0.15, 0.2) is 17.3 Å². The SMILES string of the molecule is CC(=O)N1CCc2c(c(N3CCCc4cc(-c5cnn(C)c5)c(C)cc43)nn2C2CCN(C3CCC4(CC3)CN(c3ccc(C(=O)NC5CCC(Oc6ccc(C#N)c(Cl)c6)CC5)nn3)C4)CC2)C1. The minimum Gasteiger partial charge on any atom is -0.490 e. The lowest BCUT2D eigenvalue weighted by atomic mass is 9.67. The third-order valence-corrected chi connectivity index (χ3v) is 16.6. The van der Waals surface area contributed by atoms with Crippen molar-refractivity contribution in [2.45, 2.75) is 128 Å². The number of likely N-dealkylation sites (tertiary alicyclic amines) is 1. The van der Waals surface area contributed by atoms with Crippen molar-refractivity contribution < 1.29 is 14.3 Å². The molecule has 0 atom stereocenters. The number of nitriles is 1. The molecule has 0 bridgehead atoms. The van der Waals surface area contributed by atoms with E-state index in [0.717, 1.165) is 114 Å². The van der Waals surface area contributed by atoms with E-state index in [1.54, 1.807) is 31.2 Å². The van der Waals surface area contributed by atoms with Crippen LogP contribution in [0.1, 0.15) is 122 Å². The number of rotatable bonds is 9. The summed E-state index contributed by atoms with van der Waals surface area (Å²) in [6, 6.07) is 16.7. The van der Waals surface area contributed by atoms with E-state index in [1.165, 1.54) is 59.3 Å². The van der Waals surface area contributed by atoms with Gasteiger partial charge in [-0.1, -0.05) is 11.6 Å². The molecule has 0 radical (unpaired) electrons. The van der Waals surface area contributed by atoms with Crippen LogP contribution >= 0.6 is 11.6 Å². The Balaban J connectivity index is 0.667. The molecule has 4 aliphatic heterocycles. The summed E-state index contributed by atoms with van der Waals surface area (Å²) in [4.78, 5) is 35.4. The van der Waals surface area contributed by atoms with Gasteiger partial charge >= 0.3 is 0 Å². The second-order valence-corrected chi connectivity index (χ2v) is 21.2. The maximum Gasteiger partial charge on any atom is 0.272 e. The summed E-state index contributed by atoms with van der Waals surface area (Å²) < 4.78 is 10.4. The first-order chi connectivity index (χ1) is 33.5. The zero-order chi connectivity index (χ0) is 47.4. The predicted molar refractivity (Wildman–Crippen MR) is 265 cm³/mol. The van der Waals surface area contributed by atoms with Crippen molar-refractivity contribution in [2.24, 2.45) is 12.5 Å². The number of amides is 2. The topological polar surface area (TPSA) is 154 Å². The molecule has 69 heavy (non-hydrogen) atoms. The van der Waals surface area contributed by atoms with Gasteiger partial charge in [-0.2, -0.15) is 15.5 Å². The number of anilines is 3. The number of aryl methyl sites for hydroxylation is 3. The van der Waals surface area contributed by atoms with Crippen LogP contribution in [0.2, 0.25) is 5.02 Å². The van der Waals surface area contributed by atoms with Gasteiger partial charge < -0.3 is 29.7 Å². The molecular weight excluding hydrogens is 888 g/mol. The number of piperidine rings is 1. The summed E-state index contributed by atoms with van der Waals surface area (Å²) in [6.45, 7) is 10.3. The Hall–Kier alpha value is -5.98. The van der Waals surface area contributed by atoms with E-state index in [9.17, 15) is 9.59 Å². The van der Waals surface area contributed by atoms with Gasteiger partial charge in [-0.3, -0.25) is 19.0 Å². The largest absolute Gasteiger partial charge is 0.490 e. The monoisotopic (exact) mass is 950 g/mol. The van der Waals surface area contributed by atoms with Gasteiger partial charge in [0, 0.05) is 112 Å². The van der Waals surface area contributed by atoms with Crippen LogP contribution in [0.3, 0.4) is 0 Å². The molecule has 6 aliphatic rings. The molecule has 15 nitrogen and oxygen atoms in total. The first-order valence-electron chi connectivity index (χ1n) is 25.3. The van der Waals surface area contributed by atoms with Crippen molar-refractivity contribution in [1.82, 2.24) is 44.9 Å². The van der Waals surface area contributed by atoms with E-state index in [0.29, 0.717) is 46.1 Å². The zero-order valence-corrected chi connectivity index (χ0v) is 40.9. The Labute approximate surface area is 409 Å². The van der Waals surface area contributed by atoms with E-state index in [1.807, 2.05) is 28.9 Å². The molecule has 7 heterocycles. The fourth-order valence-electron chi connectivity index (χ4n) is 12.4. The van der Waals surface area contributed by atoms with Crippen LogP contribution in [0.15, 0.2) is 54.9 Å². The zero-order valence-electron chi connectivity index (χ0n) is 40.2. The van der Waals surface area contributed by atoms with E-state index in [-0.39, 0.29) is 24.0 Å². The summed E-state index contributed by atoms with van der Waals surface area (Å²) >= 11 is 6.19. The van der Waals surface area contributed by atoms with Gasteiger partial charge in [-0.05, 0) is 137 Å². The van der Waals surface area contributed by atoms with Crippen molar-refractivity contribution in [2.75, 3.05) is 49.1 Å². The Morgan fingerprint density at radius 1 is 0.913 bits per heavy atom. The van der Waals surface area contributed by atoms with Crippen molar-refractivity contribution in [3.05, 3.63) is 93.5 Å². The van der Waals surface area contributed by atoms with Crippen molar-refractivity contribution in [3.8, 4) is 22.9 Å². The summed E-state index contributed by atoms with van der Waals surface area (Å²) in [5.41, 5.74) is 9.86. The van der Waals surface area contributed by atoms with Crippen LogP contribution in [-0.2, 0) is 31.2 Å². The Morgan fingerprint density at radius 3 is 2.41 bits per heavy atom. The first kappa shape index (κ1) is 45.5. The maximum atomic E-state index is 13.2. The molecule has 2 saturated heterocycles. The average molecular weight is 952 g/mol. The smallest absolute Gasteiger partial charge is 0.272 e. The number of ether oxygens (including phenoxy) is 1. The highest BCUT2D eigenvalue weighted by Crippen LogP contribution is 2.47. The molecule has 2 amide bonds. The molecule has 16 heteroatoms. The Kier molecular flexibility index (Phi) is 12.3. The van der Waals surface area contributed by atoms with Crippen LogP contribution in [0.4, 0.5) is 17.3 Å². The van der Waals surface area contributed by atoms with Crippen LogP contribution in [0, 0.1) is 23.7 Å². The Bertz CT molecular complexity index is 2770. The summed E-state index contributed by atoms with van der Waals surface area (Å²) in [6.07, 6.45) is 17.3. The fraction of sp³-hybridized carbons (Fsp3) is 0.528. The molecule has 2 saturated carbocycles. The lowest BCUT2D eigenvalue weighted by Gasteiger charge is -2.55. The van der Waals surface area contributed by atoms with E-state index < -0.39 is 0 Å². The van der Waals surface area contributed by atoms with Crippen LogP contribution in [0.5, 0.6) is 5.75 Å². The average Bonchev–Trinajstić information content (AvgIpc) is 3.97. The molecule has 1 N–H and O–H groups in total. The fourth-order valence-corrected chi connectivity index (χ4v) is 12.6. The molecule has 4 fully saturated rings. The normalized spacial score (nSPS) is 21.9. The van der Waals surface area contributed by atoms with Gasteiger partial charge in [-0.15, -0.1) is 10.2 Å². The van der Waals surface area contributed by atoms with Gasteiger partial charge in [0.2, 0.25) is 5.91 Å². The molecule has 2 aliphatic carbocycles. The second kappa shape index (κ2) is 18.7. The number of hydrogen-bond acceptors (Lipinski definition) is 11. The van der Waals surface area contributed by atoms with Gasteiger partial charge in [0.05, 0.1) is 35.5 Å². The van der Waals surface area contributed by atoms with Crippen LogP contribution in [-0.4, -0.2) is 109 Å². The number of nitrogens with zero attached hydrogens (tertiary/aromatic N) is 11. The highest BCUT2D eigenvalue weighted by atomic mass is 35.5. The van der Waals surface area contributed by atoms with E-state index in [2.05, 4.69) is 71.3 Å². The van der Waals surface area contributed by atoms with Crippen molar-refractivity contribution in [1.29, 1.82) is 5.26 Å². The lowest BCUT2D eigenvalue weighted by molar-refractivity contribution is -0.129. The molecule has 1 spiro atoms. The summed E-state index contributed by atoms with van der Waals surface area (Å²) in [5, 5.41) is 31.5. The number of halogens is 1. The highest BCUT2D eigenvalue weighted by molar-refractivity contribution is 6.31. The molecule has 360 valence electrons. The van der Waals surface area contributed by atoms with Crippen molar-refractivity contribution >= 4 is 40.7 Å². The Morgan fingerprint density at radius 2 is 1.71 bits per heavy atom. The van der Waals surface area contributed by atoms with Gasteiger partial charge in [0.1, 0.15) is 11.8 Å². The molecule has 0 unspecified atom stereocenters. The number of hydrogen-bond donors (Lipinski definition) is 1. The van der Waals surface area contributed by atoms with Crippen LogP contribution < -0.4 is 19.9 Å². The lowest BCUT2D eigenvalue weighted by Crippen LogP contribution is -2.59. The first-order valence-corrected chi connectivity index (χ1v) is 25.6. The standard InChI is InChI=1S/C53H63ClN12O3/c1-34-25-49-36(26-44(34)38-29-56-61(3)30-38)5-4-21-65(49)51-45-31-63(35(2)67)24-18-48(45)66(60-51)41-16-22-62(23-17-41)40-14-19-53(20-15-40)32-64(33-53)50-13-12-47(58-59-50)52(68)57-39-7-10-42(11-8-39)69-43-9-6-37(28-55)46(54)27-43/h6,9,12-13,25-27,29-30,39-42H,4-5,7-8,10-11,14-24,31-33H2,1-3H3,(H,57,68). The number of nitrogens with one attached hydrogen (secondary N) is 1. The molecule has 2 aromatic carbocycles. The number of carbonyl (C=O) groups is 2. The quantitative estimate of drug-likeness (QED) is 0.153. The van der Waals surface area contributed by atoms with Crippen LogP contribution in [0.25, 0.3) is 11.1 Å². The van der Waals surface area contributed by atoms with E-state index >= 15 is 0 Å². The van der Waals surface area contributed by atoms with E-state index in [4.69, 9.17) is 26.7 Å². The second-order valence-electron chi connectivity index (χ2n) is 20.8. The third-order valence-electron chi connectivity index (χ3n) is 16.3. The third kappa shape index (κ3) is 9.06. The summed E-state index contributed by atoms with van der Waals surface area (Å²) in [7, 11) is 1.97. The van der Waals surface area contributed by atoms with Crippen molar-refractivity contribution in [3.63, 3.8) is 0 Å². The number of carbonyl (C=O) groups excluding carboxylic acids is 2. The molecule has 3 aromatic heterocycles. The molecule has 11 rings (SSSR count). The minimum absolute atomic E-state index is 0.0365. The number of aromatic nitrogens is 6. The highest BCUT2D eigenvalue weighted by Gasteiger charge is 2.47. The maximum absolute atomic E-state index is 13.2. The van der Waals surface area contributed by atoms with Gasteiger partial charge in [-0.25, -0.2) is 0 Å². The summed E-state index contributed by atoms with van der Waals surface area (Å²) in [5.74, 6) is 2.48. The molecule has 5 aromatic rings. The van der Waals surface area contributed by atoms with Gasteiger partial charge in [0.25, 0.3) is 5.91 Å².